The molecule has 9 heteroatoms. The minimum atomic E-state index is 0.0542. The summed E-state index contributed by atoms with van der Waals surface area (Å²) in [6.45, 7) is 1.03. The Morgan fingerprint density at radius 3 is 2.27 bits per heavy atom. The molecule has 0 saturated heterocycles. The molecule has 0 aliphatic carbocycles. The maximum Gasteiger partial charge on any atom is 0.263 e. The zero-order chi connectivity index (χ0) is 22.9. The van der Waals surface area contributed by atoms with Gasteiger partial charge in [0, 0.05) is 12.4 Å². The molecule has 0 spiro atoms. The van der Waals surface area contributed by atoms with Gasteiger partial charge in [-0.25, -0.2) is 15.0 Å². The molecule has 8 nitrogen and oxygen atoms in total. The topological polar surface area (TPSA) is 88.5 Å². The van der Waals surface area contributed by atoms with Crippen molar-refractivity contribution in [3.05, 3.63) is 83.8 Å². The second kappa shape index (κ2) is 11.2. The number of nitrogens with zero attached hydrogens (tertiary/aromatic N) is 4. The fraction of sp³-hybridized carbons (Fsp3) is 0.167. The van der Waals surface area contributed by atoms with Gasteiger partial charge in [-0.2, -0.15) is 4.98 Å². The molecule has 168 valence electrons. The van der Waals surface area contributed by atoms with Crippen molar-refractivity contribution in [2.75, 3.05) is 20.3 Å². The fourth-order valence-electron chi connectivity index (χ4n) is 2.88. The van der Waals surface area contributed by atoms with Crippen LogP contribution in [0.3, 0.4) is 0 Å². The summed E-state index contributed by atoms with van der Waals surface area (Å²) in [6.07, 6.45) is 3.19. The molecule has 2 aromatic carbocycles. The lowest BCUT2D eigenvalue weighted by Crippen LogP contribution is -2.10. The van der Waals surface area contributed by atoms with Crippen LogP contribution in [0.5, 0.6) is 23.1 Å². The predicted molar refractivity (Wildman–Crippen MR) is 123 cm³/mol. The summed E-state index contributed by atoms with van der Waals surface area (Å²) < 4.78 is 22.9. The molecule has 0 bridgehead atoms. The summed E-state index contributed by atoms with van der Waals surface area (Å²) in [5.74, 6) is 1.80. The van der Waals surface area contributed by atoms with Gasteiger partial charge in [-0.3, -0.25) is 0 Å². The molecular formula is C24H21ClN4O4. The lowest BCUT2D eigenvalue weighted by atomic mass is 10.2. The molecule has 4 rings (SSSR count). The Kier molecular flexibility index (Phi) is 7.63. The molecule has 0 saturated carbocycles. The van der Waals surface area contributed by atoms with Crippen LogP contribution in [-0.4, -0.2) is 40.3 Å². The van der Waals surface area contributed by atoms with E-state index in [-0.39, 0.29) is 29.2 Å². The van der Waals surface area contributed by atoms with Crippen LogP contribution < -0.4 is 14.2 Å². The van der Waals surface area contributed by atoms with E-state index in [1.807, 2.05) is 42.5 Å². The van der Waals surface area contributed by atoms with E-state index in [0.29, 0.717) is 30.5 Å². The van der Waals surface area contributed by atoms with Gasteiger partial charge in [-0.1, -0.05) is 54.1 Å². The van der Waals surface area contributed by atoms with Crippen molar-refractivity contribution in [3.63, 3.8) is 0 Å². The van der Waals surface area contributed by atoms with Gasteiger partial charge in [0.15, 0.2) is 22.5 Å². The van der Waals surface area contributed by atoms with Crippen LogP contribution in [0.25, 0.3) is 11.6 Å². The Bertz CT molecular complexity index is 1180. The van der Waals surface area contributed by atoms with Crippen LogP contribution in [0.2, 0.25) is 5.15 Å². The monoisotopic (exact) mass is 464 g/mol. The third-order valence-electron chi connectivity index (χ3n) is 4.42. The largest absolute Gasteiger partial charge is 0.493 e. The van der Waals surface area contributed by atoms with Gasteiger partial charge < -0.3 is 18.9 Å². The number of methoxy groups -OCH3 is 1. The molecule has 4 aromatic rings. The molecule has 0 unspecified atom stereocenters. The van der Waals surface area contributed by atoms with Gasteiger partial charge in [0.25, 0.3) is 5.88 Å². The fourth-order valence-corrected chi connectivity index (χ4v) is 3.08. The van der Waals surface area contributed by atoms with Gasteiger partial charge in [-0.05, 0) is 23.8 Å². The van der Waals surface area contributed by atoms with Crippen LogP contribution in [-0.2, 0) is 11.3 Å². The van der Waals surface area contributed by atoms with Crippen LogP contribution in [0.1, 0.15) is 5.56 Å². The van der Waals surface area contributed by atoms with E-state index >= 15 is 0 Å². The molecule has 0 aliphatic heterocycles. The highest BCUT2D eigenvalue weighted by molar-refractivity contribution is 6.31. The van der Waals surface area contributed by atoms with Gasteiger partial charge in [-0.15, -0.1) is 0 Å². The third-order valence-corrected chi connectivity index (χ3v) is 4.67. The molecule has 33 heavy (non-hydrogen) atoms. The molecule has 0 fully saturated rings. The zero-order valence-corrected chi connectivity index (χ0v) is 18.6. The quantitative estimate of drug-likeness (QED) is 0.240. The smallest absolute Gasteiger partial charge is 0.263 e. The van der Waals surface area contributed by atoms with E-state index in [1.54, 1.807) is 37.7 Å². The number of ether oxygens (including phenoxy) is 4. The van der Waals surface area contributed by atoms with E-state index in [1.165, 1.54) is 0 Å². The highest BCUT2D eigenvalue weighted by atomic mass is 35.5. The first-order chi connectivity index (χ1) is 16.2. The normalized spacial score (nSPS) is 10.6. The number of benzene rings is 2. The van der Waals surface area contributed by atoms with E-state index in [0.717, 1.165) is 5.56 Å². The Balaban J connectivity index is 1.54. The maximum atomic E-state index is 6.47. The maximum absolute atomic E-state index is 6.47. The predicted octanol–water partition coefficient (Wildman–Crippen LogP) is 4.98. The van der Waals surface area contributed by atoms with E-state index in [4.69, 9.17) is 30.5 Å². The first kappa shape index (κ1) is 22.4. The Hall–Kier alpha value is -3.75. The summed E-state index contributed by atoms with van der Waals surface area (Å²) in [7, 11) is 1.55. The highest BCUT2D eigenvalue weighted by Gasteiger charge is 2.20. The number of hydrogen-bond acceptors (Lipinski definition) is 8. The molecule has 0 amide bonds. The molecule has 2 heterocycles. The first-order valence-electron chi connectivity index (χ1n) is 10.1. The molecule has 0 radical (unpaired) electrons. The highest BCUT2D eigenvalue weighted by Crippen LogP contribution is 2.40. The standard InChI is InChI=1S/C24H21ClN4O4/c1-30-18-10-5-6-11-19(18)33-20-21(25)28-23(22-26-12-7-13-27-22)29-24(20)32-15-14-31-16-17-8-3-2-4-9-17/h2-13H,14-16H2,1H3. The van der Waals surface area contributed by atoms with E-state index in [9.17, 15) is 0 Å². The first-order valence-corrected chi connectivity index (χ1v) is 10.5. The van der Waals surface area contributed by atoms with Crippen molar-refractivity contribution >= 4 is 11.6 Å². The van der Waals surface area contributed by atoms with Gasteiger partial charge >= 0.3 is 0 Å². The number of hydrogen-bond donors (Lipinski definition) is 0. The van der Waals surface area contributed by atoms with Crippen molar-refractivity contribution in [1.82, 2.24) is 19.9 Å². The van der Waals surface area contributed by atoms with E-state index < -0.39 is 0 Å². The van der Waals surface area contributed by atoms with E-state index in [2.05, 4.69) is 19.9 Å². The third kappa shape index (κ3) is 5.94. The Morgan fingerprint density at radius 1 is 0.788 bits per heavy atom. The summed E-state index contributed by atoms with van der Waals surface area (Å²) >= 11 is 6.47. The summed E-state index contributed by atoms with van der Waals surface area (Å²) in [5, 5.41) is 0.0542. The summed E-state index contributed by atoms with van der Waals surface area (Å²) in [6, 6.07) is 18.8. The van der Waals surface area contributed by atoms with Crippen molar-refractivity contribution < 1.29 is 18.9 Å². The molecule has 0 atom stereocenters. The number of rotatable bonds is 10. The number of aromatic nitrogens is 4. The molecule has 2 aromatic heterocycles. The lowest BCUT2D eigenvalue weighted by Gasteiger charge is -2.15. The van der Waals surface area contributed by atoms with Crippen LogP contribution >= 0.6 is 11.6 Å². The summed E-state index contributed by atoms with van der Waals surface area (Å²) in [4.78, 5) is 17.1. The van der Waals surface area contributed by atoms with Crippen LogP contribution in [0.4, 0.5) is 0 Å². The van der Waals surface area contributed by atoms with Crippen LogP contribution in [0.15, 0.2) is 73.1 Å². The van der Waals surface area contributed by atoms with Gasteiger partial charge in [0.1, 0.15) is 6.61 Å². The Morgan fingerprint density at radius 2 is 1.52 bits per heavy atom. The van der Waals surface area contributed by atoms with Gasteiger partial charge in [0.05, 0.1) is 20.3 Å². The summed E-state index contributed by atoms with van der Waals surface area (Å²) in [5.41, 5.74) is 1.08. The Labute approximate surface area is 196 Å². The lowest BCUT2D eigenvalue weighted by molar-refractivity contribution is 0.0866. The number of para-hydroxylation sites is 2. The molecule has 0 N–H and O–H groups in total. The molecule has 0 aliphatic rings. The van der Waals surface area contributed by atoms with Crippen molar-refractivity contribution in [2.45, 2.75) is 6.61 Å². The van der Waals surface area contributed by atoms with Crippen molar-refractivity contribution in [3.8, 4) is 34.8 Å². The average molecular weight is 465 g/mol. The van der Waals surface area contributed by atoms with Gasteiger partial charge in [0.2, 0.25) is 11.6 Å². The van der Waals surface area contributed by atoms with Crippen LogP contribution in [0, 0.1) is 0 Å². The minimum Gasteiger partial charge on any atom is -0.493 e. The zero-order valence-electron chi connectivity index (χ0n) is 17.8. The minimum absolute atomic E-state index is 0.0542. The van der Waals surface area contributed by atoms with Crippen molar-refractivity contribution in [2.24, 2.45) is 0 Å². The second-order valence-electron chi connectivity index (χ2n) is 6.68. The SMILES string of the molecule is COc1ccccc1Oc1c(Cl)nc(-c2ncccn2)nc1OCCOCc1ccccc1. The number of halogens is 1. The second-order valence-corrected chi connectivity index (χ2v) is 7.04. The van der Waals surface area contributed by atoms with Crippen molar-refractivity contribution in [1.29, 1.82) is 0 Å². The molecular weight excluding hydrogens is 444 g/mol. The average Bonchev–Trinajstić information content (AvgIpc) is 2.87.